The van der Waals surface area contributed by atoms with Crippen LogP contribution in [-0.4, -0.2) is 53.5 Å². The molecule has 2 heterocycles. The summed E-state index contributed by atoms with van der Waals surface area (Å²) in [5.74, 6) is 1.80. The number of piperazine rings is 1. The van der Waals surface area contributed by atoms with Crippen LogP contribution in [0.15, 0.2) is 30.3 Å². The number of aromatic nitrogens is 2. The first kappa shape index (κ1) is 18.2. The maximum Gasteiger partial charge on any atom is 0.232 e. The standard InChI is InChI=1S/C20H27N5O/c1-5-25(18-8-6-7-15(2)13-18)20-21-16(3)14-19(22-20)24-11-9-23(10-12-24)17(4)26/h6-8,13-14H,5,9-12H2,1-4H3. The summed E-state index contributed by atoms with van der Waals surface area (Å²) in [5.41, 5.74) is 3.27. The number of amides is 1. The van der Waals surface area contributed by atoms with Crippen molar-refractivity contribution < 1.29 is 4.79 Å². The van der Waals surface area contributed by atoms with Crippen LogP contribution in [0.25, 0.3) is 0 Å². The zero-order chi connectivity index (χ0) is 18.7. The molecule has 0 aliphatic carbocycles. The summed E-state index contributed by atoms with van der Waals surface area (Å²) >= 11 is 0. The summed E-state index contributed by atoms with van der Waals surface area (Å²) in [6, 6.07) is 10.4. The molecule has 0 radical (unpaired) electrons. The van der Waals surface area contributed by atoms with Crippen molar-refractivity contribution in [3.8, 4) is 0 Å². The van der Waals surface area contributed by atoms with Crippen molar-refractivity contribution in [1.29, 1.82) is 0 Å². The van der Waals surface area contributed by atoms with E-state index in [0.717, 1.165) is 55.9 Å². The number of hydrogen-bond donors (Lipinski definition) is 0. The summed E-state index contributed by atoms with van der Waals surface area (Å²) < 4.78 is 0. The van der Waals surface area contributed by atoms with Crippen molar-refractivity contribution in [1.82, 2.24) is 14.9 Å². The van der Waals surface area contributed by atoms with Crippen LogP contribution >= 0.6 is 0 Å². The molecule has 0 atom stereocenters. The second kappa shape index (κ2) is 7.72. The van der Waals surface area contributed by atoms with Crippen LogP contribution in [0.1, 0.15) is 25.1 Å². The number of carbonyl (C=O) groups is 1. The van der Waals surface area contributed by atoms with Gasteiger partial charge in [-0.3, -0.25) is 4.79 Å². The average Bonchev–Trinajstić information content (AvgIpc) is 2.62. The van der Waals surface area contributed by atoms with Crippen LogP contribution in [-0.2, 0) is 4.79 Å². The summed E-state index contributed by atoms with van der Waals surface area (Å²) in [4.78, 5) is 27.3. The Bertz CT molecular complexity index is 784. The average molecular weight is 353 g/mol. The number of carbonyl (C=O) groups excluding carboxylic acids is 1. The van der Waals surface area contributed by atoms with Gasteiger partial charge in [0.05, 0.1) is 0 Å². The van der Waals surface area contributed by atoms with Crippen LogP contribution in [0.5, 0.6) is 0 Å². The van der Waals surface area contributed by atoms with E-state index in [0.29, 0.717) is 0 Å². The number of rotatable bonds is 4. The Labute approximate surface area is 155 Å². The lowest BCUT2D eigenvalue weighted by Gasteiger charge is -2.35. The minimum Gasteiger partial charge on any atom is -0.353 e. The molecule has 6 heteroatoms. The quantitative estimate of drug-likeness (QED) is 0.846. The largest absolute Gasteiger partial charge is 0.353 e. The highest BCUT2D eigenvalue weighted by Crippen LogP contribution is 2.25. The minimum atomic E-state index is 0.140. The second-order valence-corrected chi connectivity index (χ2v) is 6.74. The van der Waals surface area contributed by atoms with Crippen LogP contribution in [0.4, 0.5) is 17.5 Å². The van der Waals surface area contributed by atoms with E-state index < -0.39 is 0 Å². The van der Waals surface area contributed by atoms with Crippen molar-refractivity contribution >= 4 is 23.4 Å². The lowest BCUT2D eigenvalue weighted by Crippen LogP contribution is -2.48. The van der Waals surface area contributed by atoms with E-state index in [4.69, 9.17) is 4.98 Å². The van der Waals surface area contributed by atoms with Crippen molar-refractivity contribution in [2.45, 2.75) is 27.7 Å². The fraction of sp³-hybridized carbons (Fsp3) is 0.450. The molecule has 0 unspecified atom stereocenters. The molecule has 26 heavy (non-hydrogen) atoms. The highest BCUT2D eigenvalue weighted by Gasteiger charge is 2.21. The third-order valence-corrected chi connectivity index (χ3v) is 4.75. The molecule has 1 saturated heterocycles. The van der Waals surface area contributed by atoms with E-state index in [9.17, 15) is 4.79 Å². The van der Waals surface area contributed by atoms with Crippen LogP contribution in [0, 0.1) is 13.8 Å². The van der Waals surface area contributed by atoms with Gasteiger partial charge in [-0.25, -0.2) is 4.98 Å². The van der Waals surface area contributed by atoms with E-state index in [-0.39, 0.29) is 5.91 Å². The molecule has 0 saturated carbocycles. The maximum absolute atomic E-state index is 11.5. The van der Waals surface area contributed by atoms with Gasteiger partial charge in [-0.05, 0) is 38.5 Å². The Morgan fingerprint density at radius 1 is 1.12 bits per heavy atom. The minimum absolute atomic E-state index is 0.140. The maximum atomic E-state index is 11.5. The number of aryl methyl sites for hydroxylation is 2. The van der Waals surface area contributed by atoms with Crippen LogP contribution in [0.2, 0.25) is 0 Å². The Hall–Kier alpha value is -2.63. The molecule has 138 valence electrons. The first-order chi connectivity index (χ1) is 12.5. The SMILES string of the molecule is CCN(c1cccc(C)c1)c1nc(C)cc(N2CCN(C(C)=O)CC2)n1. The lowest BCUT2D eigenvalue weighted by molar-refractivity contribution is -0.129. The van der Waals surface area contributed by atoms with Crippen LogP contribution < -0.4 is 9.80 Å². The zero-order valence-corrected chi connectivity index (χ0v) is 16.1. The summed E-state index contributed by atoms with van der Waals surface area (Å²) in [5, 5.41) is 0. The third-order valence-electron chi connectivity index (χ3n) is 4.75. The van der Waals surface area contributed by atoms with Crippen LogP contribution in [0.3, 0.4) is 0 Å². The first-order valence-electron chi connectivity index (χ1n) is 9.18. The molecular formula is C20H27N5O. The second-order valence-electron chi connectivity index (χ2n) is 6.74. The molecule has 0 N–H and O–H groups in total. The number of benzene rings is 1. The van der Waals surface area contributed by atoms with Gasteiger partial charge >= 0.3 is 0 Å². The molecule has 3 rings (SSSR count). The highest BCUT2D eigenvalue weighted by atomic mass is 16.2. The van der Waals surface area contributed by atoms with Gasteiger partial charge in [0, 0.05) is 57.1 Å². The number of nitrogens with zero attached hydrogens (tertiary/aromatic N) is 5. The molecule has 1 aromatic heterocycles. The van der Waals surface area contributed by atoms with E-state index in [2.05, 4.69) is 52.9 Å². The summed E-state index contributed by atoms with van der Waals surface area (Å²) in [6.45, 7) is 11.7. The predicted octanol–water partition coefficient (Wildman–Crippen LogP) is 2.92. The van der Waals surface area contributed by atoms with E-state index in [1.807, 2.05) is 17.9 Å². The van der Waals surface area contributed by atoms with E-state index in [1.54, 1.807) is 6.92 Å². The van der Waals surface area contributed by atoms with E-state index >= 15 is 0 Å². The van der Waals surface area contributed by atoms with E-state index in [1.165, 1.54) is 5.56 Å². The van der Waals surface area contributed by atoms with Gasteiger partial charge in [-0.2, -0.15) is 4.98 Å². The molecular weight excluding hydrogens is 326 g/mol. The fourth-order valence-electron chi connectivity index (χ4n) is 3.31. The highest BCUT2D eigenvalue weighted by molar-refractivity contribution is 5.73. The van der Waals surface area contributed by atoms with Gasteiger partial charge in [0.25, 0.3) is 0 Å². The molecule has 1 aliphatic rings. The molecule has 6 nitrogen and oxygen atoms in total. The Morgan fingerprint density at radius 3 is 2.46 bits per heavy atom. The Kier molecular flexibility index (Phi) is 5.40. The van der Waals surface area contributed by atoms with Crippen molar-refractivity contribution in [3.63, 3.8) is 0 Å². The monoisotopic (exact) mass is 353 g/mol. The van der Waals surface area contributed by atoms with Crippen molar-refractivity contribution in [3.05, 3.63) is 41.6 Å². The fourth-order valence-corrected chi connectivity index (χ4v) is 3.31. The topological polar surface area (TPSA) is 52.6 Å². The normalized spacial score (nSPS) is 14.5. The predicted molar refractivity (Wildman–Crippen MR) is 105 cm³/mol. The molecule has 2 aromatic rings. The van der Waals surface area contributed by atoms with Gasteiger partial charge in [0.1, 0.15) is 5.82 Å². The van der Waals surface area contributed by atoms with Gasteiger partial charge in [0.2, 0.25) is 11.9 Å². The number of hydrogen-bond acceptors (Lipinski definition) is 5. The number of anilines is 3. The zero-order valence-electron chi connectivity index (χ0n) is 16.1. The first-order valence-corrected chi connectivity index (χ1v) is 9.18. The summed E-state index contributed by atoms with van der Waals surface area (Å²) in [7, 11) is 0. The van der Waals surface area contributed by atoms with Gasteiger partial charge in [-0.1, -0.05) is 12.1 Å². The summed E-state index contributed by atoms with van der Waals surface area (Å²) in [6.07, 6.45) is 0. The smallest absolute Gasteiger partial charge is 0.232 e. The lowest BCUT2D eigenvalue weighted by atomic mass is 10.2. The van der Waals surface area contributed by atoms with Crippen molar-refractivity contribution in [2.24, 2.45) is 0 Å². The third kappa shape index (κ3) is 3.95. The Morgan fingerprint density at radius 2 is 1.85 bits per heavy atom. The Balaban J connectivity index is 1.86. The van der Waals surface area contributed by atoms with Crippen molar-refractivity contribution in [2.75, 3.05) is 42.5 Å². The molecule has 1 fully saturated rings. The molecule has 1 amide bonds. The van der Waals surface area contributed by atoms with Gasteiger partial charge in [-0.15, -0.1) is 0 Å². The molecule has 1 aliphatic heterocycles. The molecule has 1 aromatic carbocycles. The van der Waals surface area contributed by atoms with Gasteiger partial charge in [0.15, 0.2) is 0 Å². The van der Waals surface area contributed by atoms with Gasteiger partial charge < -0.3 is 14.7 Å². The molecule has 0 spiro atoms. The molecule has 0 bridgehead atoms.